The largest absolute Gasteiger partial charge is 0.483 e. The lowest BCUT2D eigenvalue weighted by molar-refractivity contribution is -0.145. The molecule has 2 rings (SSSR count). The molecule has 21 heavy (non-hydrogen) atoms. The van der Waals surface area contributed by atoms with Crippen LogP contribution in [0.5, 0.6) is 5.75 Å². The number of nitrogens with two attached hydrogens (primary N) is 1. The number of ether oxygens (including phenoxy) is 2. The van der Waals surface area contributed by atoms with Crippen molar-refractivity contribution in [3.05, 3.63) is 60.2 Å². The summed E-state index contributed by atoms with van der Waals surface area (Å²) in [5.74, 6) is 0.275. The number of anilines is 1. The highest BCUT2D eigenvalue weighted by Crippen LogP contribution is 2.29. The van der Waals surface area contributed by atoms with Gasteiger partial charge in [-0.3, -0.25) is 4.79 Å². The molecule has 0 amide bonds. The molecule has 0 aliphatic rings. The van der Waals surface area contributed by atoms with E-state index in [1.807, 2.05) is 42.5 Å². The minimum absolute atomic E-state index is 0.145. The molecule has 2 N–H and O–H groups in total. The second kappa shape index (κ2) is 7.33. The number of esters is 1. The van der Waals surface area contributed by atoms with Crippen LogP contribution in [0.15, 0.2) is 54.6 Å². The summed E-state index contributed by atoms with van der Waals surface area (Å²) in [7, 11) is 0. The van der Waals surface area contributed by atoms with E-state index in [1.165, 1.54) is 0 Å². The van der Waals surface area contributed by atoms with E-state index in [2.05, 4.69) is 0 Å². The Kier molecular flexibility index (Phi) is 5.21. The Hall–Kier alpha value is -2.49. The number of para-hydroxylation sites is 2. The van der Waals surface area contributed by atoms with Crippen molar-refractivity contribution < 1.29 is 14.3 Å². The van der Waals surface area contributed by atoms with Crippen LogP contribution in [0.4, 0.5) is 5.69 Å². The van der Waals surface area contributed by atoms with Gasteiger partial charge in [-0.2, -0.15) is 0 Å². The number of rotatable bonds is 6. The summed E-state index contributed by atoms with van der Waals surface area (Å²) in [5.41, 5.74) is 7.35. The fourth-order valence-corrected chi connectivity index (χ4v) is 2.01. The zero-order valence-corrected chi connectivity index (χ0v) is 12.0. The number of hydrogen-bond acceptors (Lipinski definition) is 4. The van der Waals surface area contributed by atoms with Crippen molar-refractivity contribution in [3.63, 3.8) is 0 Å². The molecule has 0 saturated heterocycles. The van der Waals surface area contributed by atoms with Crippen LogP contribution in [0.1, 0.15) is 25.0 Å². The van der Waals surface area contributed by atoms with Crippen molar-refractivity contribution in [1.82, 2.24) is 0 Å². The SMILES string of the molecule is CCOC(=O)CC(Oc1ccccc1N)c1ccccc1. The Morgan fingerprint density at radius 2 is 1.76 bits per heavy atom. The molecule has 2 aromatic carbocycles. The third-order valence-corrected chi connectivity index (χ3v) is 3.02. The van der Waals surface area contributed by atoms with Gasteiger partial charge in [-0.1, -0.05) is 42.5 Å². The van der Waals surface area contributed by atoms with Gasteiger partial charge in [0.25, 0.3) is 0 Å². The van der Waals surface area contributed by atoms with Gasteiger partial charge in [0.1, 0.15) is 11.9 Å². The van der Waals surface area contributed by atoms with Crippen molar-refractivity contribution in [2.75, 3.05) is 12.3 Å². The maximum absolute atomic E-state index is 11.8. The topological polar surface area (TPSA) is 61.5 Å². The Morgan fingerprint density at radius 3 is 2.43 bits per heavy atom. The van der Waals surface area contributed by atoms with E-state index < -0.39 is 6.10 Å². The molecule has 0 saturated carbocycles. The summed E-state index contributed by atoms with van der Waals surface area (Å²) in [6.07, 6.45) is -0.276. The second-order valence-corrected chi connectivity index (χ2v) is 4.56. The molecule has 110 valence electrons. The smallest absolute Gasteiger partial charge is 0.309 e. The van der Waals surface area contributed by atoms with E-state index in [4.69, 9.17) is 15.2 Å². The first-order valence-corrected chi connectivity index (χ1v) is 6.92. The zero-order valence-electron chi connectivity index (χ0n) is 12.0. The van der Waals surface area contributed by atoms with E-state index in [0.717, 1.165) is 5.56 Å². The lowest BCUT2D eigenvalue weighted by Crippen LogP contribution is -2.15. The van der Waals surface area contributed by atoms with Crippen LogP contribution < -0.4 is 10.5 Å². The van der Waals surface area contributed by atoms with Crippen molar-refractivity contribution in [3.8, 4) is 5.75 Å². The molecule has 1 unspecified atom stereocenters. The highest BCUT2D eigenvalue weighted by Gasteiger charge is 2.19. The van der Waals surface area contributed by atoms with Crippen LogP contribution in [0.2, 0.25) is 0 Å². The highest BCUT2D eigenvalue weighted by molar-refractivity contribution is 5.70. The lowest BCUT2D eigenvalue weighted by atomic mass is 10.1. The average molecular weight is 285 g/mol. The fourth-order valence-electron chi connectivity index (χ4n) is 2.01. The Bertz CT molecular complexity index is 584. The number of carbonyl (C=O) groups excluding carboxylic acids is 1. The van der Waals surface area contributed by atoms with Crippen LogP contribution >= 0.6 is 0 Å². The molecule has 0 aliphatic heterocycles. The molecular weight excluding hydrogens is 266 g/mol. The molecule has 2 aromatic rings. The molecule has 4 heteroatoms. The van der Waals surface area contributed by atoms with E-state index in [9.17, 15) is 4.79 Å². The van der Waals surface area contributed by atoms with E-state index in [-0.39, 0.29) is 12.4 Å². The molecule has 0 fully saturated rings. The molecular formula is C17H19NO3. The van der Waals surface area contributed by atoms with Crippen LogP contribution in [-0.4, -0.2) is 12.6 Å². The number of carbonyl (C=O) groups is 1. The third kappa shape index (κ3) is 4.24. The molecule has 0 heterocycles. The summed E-state index contributed by atoms with van der Waals surface area (Å²) >= 11 is 0. The summed E-state index contributed by atoms with van der Waals surface area (Å²) in [5, 5.41) is 0. The van der Waals surface area contributed by atoms with Crippen molar-refractivity contribution >= 4 is 11.7 Å². The first kappa shape index (κ1) is 14.9. The standard InChI is InChI=1S/C17H19NO3/c1-2-20-17(19)12-16(13-8-4-3-5-9-13)21-15-11-7-6-10-14(15)18/h3-11,16H,2,12,18H2,1H3. The summed E-state index contributed by atoms with van der Waals surface area (Å²) in [4.78, 5) is 11.8. The van der Waals surface area contributed by atoms with Gasteiger partial charge in [0.05, 0.1) is 18.7 Å². The summed E-state index contributed by atoms with van der Waals surface area (Å²) in [6.45, 7) is 2.14. The van der Waals surface area contributed by atoms with E-state index >= 15 is 0 Å². The maximum Gasteiger partial charge on any atom is 0.309 e. The Balaban J connectivity index is 2.20. The van der Waals surface area contributed by atoms with Gasteiger partial charge >= 0.3 is 5.97 Å². The van der Waals surface area contributed by atoms with Crippen molar-refractivity contribution in [2.45, 2.75) is 19.4 Å². The highest BCUT2D eigenvalue weighted by atomic mass is 16.5. The molecule has 1 atom stereocenters. The zero-order chi connectivity index (χ0) is 15.1. The van der Waals surface area contributed by atoms with Gasteiger partial charge in [0.2, 0.25) is 0 Å². The summed E-state index contributed by atoms with van der Waals surface area (Å²) < 4.78 is 10.9. The lowest BCUT2D eigenvalue weighted by Gasteiger charge is -2.20. The number of hydrogen-bond donors (Lipinski definition) is 1. The quantitative estimate of drug-likeness (QED) is 0.653. The minimum Gasteiger partial charge on any atom is -0.483 e. The normalized spacial score (nSPS) is 11.7. The molecule has 0 radical (unpaired) electrons. The number of nitrogen functional groups attached to an aromatic ring is 1. The minimum atomic E-state index is -0.421. The monoisotopic (exact) mass is 285 g/mol. The van der Waals surface area contributed by atoms with Crippen LogP contribution in [0, 0.1) is 0 Å². The van der Waals surface area contributed by atoms with Gasteiger partial charge in [0.15, 0.2) is 0 Å². The van der Waals surface area contributed by atoms with Crippen LogP contribution in [-0.2, 0) is 9.53 Å². The molecule has 0 aromatic heterocycles. The second-order valence-electron chi connectivity index (χ2n) is 4.56. The molecule has 4 nitrogen and oxygen atoms in total. The Labute approximate surface area is 124 Å². The van der Waals surface area contributed by atoms with Gasteiger partial charge in [0, 0.05) is 0 Å². The third-order valence-electron chi connectivity index (χ3n) is 3.02. The van der Waals surface area contributed by atoms with E-state index in [0.29, 0.717) is 18.0 Å². The fraction of sp³-hybridized carbons (Fsp3) is 0.235. The Morgan fingerprint density at radius 1 is 1.10 bits per heavy atom. The first-order valence-electron chi connectivity index (χ1n) is 6.92. The molecule has 0 spiro atoms. The number of benzene rings is 2. The van der Waals surface area contributed by atoms with Crippen molar-refractivity contribution in [2.24, 2.45) is 0 Å². The van der Waals surface area contributed by atoms with Crippen LogP contribution in [0.3, 0.4) is 0 Å². The molecule has 0 aliphatic carbocycles. The molecule has 0 bridgehead atoms. The summed E-state index contributed by atoms with van der Waals surface area (Å²) in [6, 6.07) is 16.8. The van der Waals surface area contributed by atoms with E-state index in [1.54, 1.807) is 19.1 Å². The van der Waals surface area contributed by atoms with Gasteiger partial charge in [-0.25, -0.2) is 0 Å². The van der Waals surface area contributed by atoms with Crippen LogP contribution in [0.25, 0.3) is 0 Å². The maximum atomic E-state index is 11.8. The first-order chi connectivity index (χ1) is 10.2. The van der Waals surface area contributed by atoms with Gasteiger partial charge in [-0.15, -0.1) is 0 Å². The van der Waals surface area contributed by atoms with Gasteiger partial charge < -0.3 is 15.2 Å². The predicted molar refractivity (Wildman–Crippen MR) is 81.9 cm³/mol. The van der Waals surface area contributed by atoms with Crippen molar-refractivity contribution in [1.29, 1.82) is 0 Å². The van der Waals surface area contributed by atoms with Gasteiger partial charge in [-0.05, 0) is 24.6 Å². The predicted octanol–water partition coefficient (Wildman–Crippen LogP) is 3.34. The average Bonchev–Trinajstić information content (AvgIpc) is 2.50.